The molecular formula is C31H29F3N4O4. The van der Waals surface area contributed by atoms with Gasteiger partial charge in [0.25, 0.3) is 0 Å². The molecule has 4 aromatic rings. The molecule has 1 fully saturated rings. The Morgan fingerprint density at radius 1 is 1.14 bits per heavy atom. The number of benzene rings is 3. The molecule has 8 nitrogen and oxygen atoms in total. The molecule has 1 aliphatic heterocycles. The summed E-state index contributed by atoms with van der Waals surface area (Å²) in [5, 5.41) is 19.0. The Kier molecular flexibility index (Phi) is 7.55. The highest BCUT2D eigenvalue weighted by atomic mass is 19.4. The number of anilines is 1. The van der Waals surface area contributed by atoms with Crippen molar-refractivity contribution < 1.29 is 32.6 Å². The topological polar surface area (TPSA) is 108 Å². The SMILES string of the molecule is COc1ccc2c(c1)C1(CC1c1ccc3c(/C=C/c4cccc(CN(C)C)c4)n[nH]c3c1)C(=O)N2.O=C(O)C(F)(F)F. The maximum atomic E-state index is 13.0. The lowest BCUT2D eigenvalue weighted by Crippen LogP contribution is -2.21. The second-order valence-corrected chi connectivity index (χ2v) is 10.6. The van der Waals surface area contributed by atoms with Crippen LogP contribution in [0.4, 0.5) is 18.9 Å². The van der Waals surface area contributed by atoms with E-state index >= 15 is 0 Å². The molecule has 1 aromatic heterocycles. The van der Waals surface area contributed by atoms with Gasteiger partial charge in [0.2, 0.25) is 5.91 Å². The Balaban J connectivity index is 0.000000451. The summed E-state index contributed by atoms with van der Waals surface area (Å²) in [6.45, 7) is 0.910. The second kappa shape index (κ2) is 11.0. The number of ether oxygens (including phenoxy) is 1. The number of hydrogen-bond donors (Lipinski definition) is 3. The van der Waals surface area contributed by atoms with Crippen molar-refractivity contribution in [3.63, 3.8) is 0 Å². The van der Waals surface area contributed by atoms with E-state index in [0.717, 1.165) is 57.7 Å². The number of carboxylic acids is 1. The van der Waals surface area contributed by atoms with Crippen molar-refractivity contribution >= 4 is 40.6 Å². The van der Waals surface area contributed by atoms with Gasteiger partial charge in [0.15, 0.2) is 0 Å². The molecule has 1 saturated carbocycles. The van der Waals surface area contributed by atoms with Crippen LogP contribution in [0.2, 0.25) is 0 Å². The molecular weight excluding hydrogens is 549 g/mol. The number of nitrogens with zero attached hydrogens (tertiary/aromatic N) is 2. The quantitative estimate of drug-likeness (QED) is 0.266. The number of halogens is 3. The van der Waals surface area contributed by atoms with E-state index in [9.17, 15) is 18.0 Å². The summed E-state index contributed by atoms with van der Waals surface area (Å²) < 4.78 is 37.2. The van der Waals surface area contributed by atoms with Gasteiger partial charge in [-0.3, -0.25) is 9.89 Å². The fraction of sp³-hybridized carbons (Fsp3) is 0.258. The van der Waals surface area contributed by atoms with Crippen molar-refractivity contribution in [1.29, 1.82) is 0 Å². The van der Waals surface area contributed by atoms with Gasteiger partial charge in [-0.2, -0.15) is 18.3 Å². The number of carbonyl (C=O) groups is 2. The third-order valence-electron chi connectivity index (χ3n) is 7.47. The van der Waals surface area contributed by atoms with Gasteiger partial charge in [0.05, 0.1) is 23.7 Å². The lowest BCUT2D eigenvalue weighted by molar-refractivity contribution is -0.192. The molecule has 218 valence electrons. The molecule has 42 heavy (non-hydrogen) atoms. The van der Waals surface area contributed by atoms with E-state index in [2.05, 4.69) is 89.1 Å². The van der Waals surface area contributed by atoms with Gasteiger partial charge in [-0.25, -0.2) is 4.79 Å². The van der Waals surface area contributed by atoms with E-state index < -0.39 is 17.6 Å². The zero-order valence-electron chi connectivity index (χ0n) is 23.1. The summed E-state index contributed by atoms with van der Waals surface area (Å²) in [4.78, 5) is 24.0. The molecule has 1 spiro atoms. The van der Waals surface area contributed by atoms with Gasteiger partial charge in [-0.15, -0.1) is 0 Å². The summed E-state index contributed by atoms with van der Waals surface area (Å²) in [5.74, 6) is -1.76. The zero-order chi connectivity index (χ0) is 30.2. The van der Waals surface area contributed by atoms with Crippen LogP contribution < -0.4 is 10.1 Å². The highest BCUT2D eigenvalue weighted by Gasteiger charge is 2.65. The molecule has 0 bridgehead atoms. The Morgan fingerprint density at radius 2 is 1.90 bits per heavy atom. The molecule has 2 aliphatic rings. The lowest BCUT2D eigenvalue weighted by Gasteiger charge is -2.10. The first-order chi connectivity index (χ1) is 19.9. The minimum atomic E-state index is -5.08. The number of methoxy groups -OCH3 is 1. The van der Waals surface area contributed by atoms with E-state index in [1.54, 1.807) is 7.11 Å². The van der Waals surface area contributed by atoms with Crippen molar-refractivity contribution in [1.82, 2.24) is 15.1 Å². The van der Waals surface area contributed by atoms with E-state index in [4.69, 9.17) is 14.6 Å². The molecule has 6 rings (SSSR count). The molecule has 1 amide bonds. The minimum Gasteiger partial charge on any atom is -0.497 e. The van der Waals surface area contributed by atoms with Crippen LogP contribution in [0.1, 0.15) is 40.3 Å². The Bertz CT molecular complexity index is 1700. The first kappa shape index (κ1) is 28.9. The molecule has 2 unspecified atom stereocenters. The van der Waals surface area contributed by atoms with E-state index in [0.29, 0.717) is 0 Å². The second-order valence-electron chi connectivity index (χ2n) is 10.6. The van der Waals surface area contributed by atoms with E-state index in [-0.39, 0.29) is 11.8 Å². The molecule has 0 saturated heterocycles. The molecule has 1 aliphatic carbocycles. The lowest BCUT2D eigenvalue weighted by atomic mass is 9.91. The molecule has 3 aromatic carbocycles. The van der Waals surface area contributed by atoms with Crippen molar-refractivity contribution in [2.24, 2.45) is 0 Å². The van der Waals surface area contributed by atoms with Crippen LogP contribution >= 0.6 is 0 Å². The number of carboxylic acid groups (broad SMARTS) is 1. The number of alkyl halides is 3. The van der Waals surface area contributed by atoms with Crippen molar-refractivity contribution in [3.8, 4) is 5.75 Å². The zero-order valence-corrected chi connectivity index (χ0v) is 23.1. The first-order valence-electron chi connectivity index (χ1n) is 13.1. The predicted octanol–water partition coefficient (Wildman–Crippen LogP) is 5.81. The van der Waals surface area contributed by atoms with Crippen LogP contribution in [-0.4, -0.2) is 59.5 Å². The fourth-order valence-electron chi connectivity index (χ4n) is 5.44. The van der Waals surface area contributed by atoms with Crippen molar-refractivity contribution in [3.05, 3.63) is 88.6 Å². The number of nitrogens with one attached hydrogen (secondary N) is 2. The number of aromatic nitrogens is 2. The van der Waals surface area contributed by atoms with Gasteiger partial charge in [0, 0.05) is 23.5 Å². The number of rotatable bonds is 6. The van der Waals surface area contributed by atoms with Crippen molar-refractivity contribution in [2.75, 3.05) is 26.5 Å². The molecule has 3 N–H and O–H groups in total. The number of amides is 1. The van der Waals surface area contributed by atoms with Crippen LogP contribution in [0.25, 0.3) is 23.1 Å². The first-order valence-corrected chi connectivity index (χ1v) is 13.1. The van der Waals surface area contributed by atoms with Crippen LogP contribution in [0.3, 0.4) is 0 Å². The fourth-order valence-corrected chi connectivity index (χ4v) is 5.44. The number of fused-ring (bicyclic) bond motifs is 3. The van der Waals surface area contributed by atoms with Gasteiger partial charge in [0.1, 0.15) is 5.75 Å². The third-order valence-corrected chi connectivity index (χ3v) is 7.47. The standard InChI is InChI=1S/C29H28N4O2.C2HF3O2/c1-33(2)17-19-6-4-5-18(13-19)7-11-25-22-10-8-20(14-27(22)32-31-25)24-16-29(24)23-15-21(35-3)9-12-26(23)30-28(29)34;3-2(4,5)1(6)7/h4-15,24H,16-17H2,1-3H3,(H,30,34)(H,31,32);(H,6,7)/b11-7+;. The summed E-state index contributed by atoms with van der Waals surface area (Å²) >= 11 is 0. The number of aromatic amines is 1. The molecule has 0 radical (unpaired) electrons. The summed E-state index contributed by atoms with van der Waals surface area (Å²) in [6, 6.07) is 20.8. The van der Waals surface area contributed by atoms with E-state index in [1.807, 2.05) is 18.2 Å². The molecule has 2 heterocycles. The molecule has 11 heteroatoms. The Morgan fingerprint density at radius 3 is 2.60 bits per heavy atom. The van der Waals surface area contributed by atoms with Crippen LogP contribution in [0, 0.1) is 0 Å². The number of hydrogen-bond acceptors (Lipinski definition) is 5. The number of carbonyl (C=O) groups excluding carboxylic acids is 1. The normalized spacial score (nSPS) is 19.1. The number of H-pyrrole nitrogens is 1. The Hall–Kier alpha value is -4.64. The average Bonchev–Trinajstić information content (AvgIpc) is 3.48. The minimum absolute atomic E-state index is 0.0792. The summed E-state index contributed by atoms with van der Waals surface area (Å²) in [6.07, 6.45) is -0.126. The Labute approximate surface area is 239 Å². The van der Waals surface area contributed by atoms with Gasteiger partial charge < -0.3 is 20.1 Å². The third kappa shape index (κ3) is 5.60. The molecule has 2 atom stereocenters. The van der Waals surface area contributed by atoms with Gasteiger partial charge in [-0.05, 0) is 73.1 Å². The highest BCUT2D eigenvalue weighted by Crippen LogP contribution is 2.65. The van der Waals surface area contributed by atoms with Crippen LogP contribution in [0.15, 0.2) is 60.7 Å². The number of aliphatic carboxylic acids is 1. The van der Waals surface area contributed by atoms with Gasteiger partial charge in [-0.1, -0.05) is 42.5 Å². The van der Waals surface area contributed by atoms with E-state index in [1.165, 1.54) is 5.56 Å². The van der Waals surface area contributed by atoms with Crippen molar-refractivity contribution in [2.45, 2.75) is 30.5 Å². The predicted molar refractivity (Wildman–Crippen MR) is 153 cm³/mol. The van der Waals surface area contributed by atoms with Gasteiger partial charge >= 0.3 is 12.1 Å². The highest BCUT2D eigenvalue weighted by molar-refractivity contribution is 6.10. The summed E-state index contributed by atoms with van der Waals surface area (Å²) in [7, 11) is 5.80. The average molecular weight is 579 g/mol. The maximum absolute atomic E-state index is 13.0. The summed E-state index contributed by atoms with van der Waals surface area (Å²) in [5.41, 5.74) is 6.90. The van der Waals surface area contributed by atoms with Crippen LogP contribution in [0.5, 0.6) is 5.75 Å². The van der Waals surface area contributed by atoms with Crippen LogP contribution in [-0.2, 0) is 21.5 Å². The largest absolute Gasteiger partial charge is 0.497 e. The smallest absolute Gasteiger partial charge is 0.490 e. The monoisotopic (exact) mass is 578 g/mol. The maximum Gasteiger partial charge on any atom is 0.490 e.